The van der Waals surface area contributed by atoms with Crippen LogP contribution in [0.3, 0.4) is 0 Å². The average Bonchev–Trinajstić information content (AvgIpc) is 3.04. The number of carboxylic acid groups (broad SMARTS) is 1. The lowest BCUT2D eigenvalue weighted by Crippen LogP contribution is -2.56. The maximum Gasteiger partial charge on any atom is 0.490 e. The van der Waals surface area contributed by atoms with E-state index in [1.807, 2.05) is 12.3 Å². The normalized spacial score (nSPS) is 14.1. The summed E-state index contributed by atoms with van der Waals surface area (Å²) in [6, 6.07) is 10.9. The van der Waals surface area contributed by atoms with E-state index in [2.05, 4.69) is 51.9 Å². The summed E-state index contributed by atoms with van der Waals surface area (Å²) >= 11 is 1.76. The minimum Gasteiger partial charge on any atom is -0.475 e. The number of alkyl halides is 3. The van der Waals surface area contributed by atoms with Gasteiger partial charge in [0, 0.05) is 47.4 Å². The number of fused-ring (bicyclic) bond motifs is 1. The first-order chi connectivity index (χ1) is 13.3. The molecule has 6 nitrogen and oxygen atoms in total. The number of rotatable bonds is 3. The van der Waals surface area contributed by atoms with Gasteiger partial charge in [0.05, 0.1) is 11.7 Å². The van der Waals surface area contributed by atoms with E-state index in [4.69, 9.17) is 14.9 Å². The molecule has 0 saturated carbocycles. The highest BCUT2D eigenvalue weighted by Gasteiger charge is 2.38. The van der Waals surface area contributed by atoms with Gasteiger partial charge >= 0.3 is 12.1 Å². The Morgan fingerprint density at radius 3 is 2.57 bits per heavy atom. The number of anilines is 1. The molecule has 148 valence electrons. The molecule has 1 saturated heterocycles. The van der Waals surface area contributed by atoms with Crippen LogP contribution < -0.4 is 10.2 Å². The molecule has 0 atom stereocenters. The highest BCUT2D eigenvalue weighted by atomic mass is 32.1. The molecule has 10 heteroatoms. The topological polar surface area (TPSA) is 78.4 Å². The maximum absolute atomic E-state index is 10.6. The number of benzene rings is 1. The number of aliphatic carboxylic acids is 1. The Kier molecular flexibility index (Phi) is 5.80. The smallest absolute Gasteiger partial charge is 0.475 e. The molecule has 3 heterocycles. The number of halogens is 3. The molecule has 2 N–H and O–H groups in total. The van der Waals surface area contributed by atoms with Crippen molar-refractivity contribution >= 4 is 33.3 Å². The first-order valence-electron chi connectivity index (χ1n) is 8.30. The standard InChI is InChI=1S/C16H16N4S.C2HF3O2/c1-20(11-8-17-9-11)16-18-7-6-14(19-16)13-10-21-15-5-3-2-4-12(13)15;3-2(4,5)1(6)7/h2-7,10-11,17H,8-9H2,1H3;(H,6,7). The summed E-state index contributed by atoms with van der Waals surface area (Å²) in [6.07, 6.45) is -3.23. The molecule has 0 spiro atoms. The van der Waals surface area contributed by atoms with Crippen molar-refractivity contribution in [2.75, 3.05) is 25.0 Å². The second-order valence-corrected chi connectivity index (χ2v) is 7.02. The van der Waals surface area contributed by atoms with E-state index in [9.17, 15) is 13.2 Å². The Labute approximate surface area is 162 Å². The second kappa shape index (κ2) is 8.11. The van der Waals surface area contributed by atoms with Crippen LogP contribution in [-0.2, 0) is 4.79 Å². The van der Waals surface area contributed by atoms with E-state index >= 15 is 0 Å². The molecular formula is C18H17F3N4O2S. The van der Waals surface area contributed by atoms with Crippen LogP contribution in [0.2, 0.25) is 0 Å². The molecule has 3 aromatic rings. The van der Waals surface area contributed by atoms with E-state index in [0.29, 0.717) is 6.04 Å². The van der Waals surface area contributed by atoms with E-state index in [1.54, 1.807) is 11.3 Å². The summed E-state index contributed by atoms with van der Waals surface area (Å²) in [7, 11) is 2.07. The number of thiophene rings is 1. The largest absolute Gasteiger partial charge is 0.490 e. The van der Waals surface area contributed by atoms with E-state index < -0.39 is 12.1 Å². The summed E-state index contributed by atoms with van der Waals surface area (Å²) < 4.78 is 33.0. The predicted octanol–water partition coefficient (Wildman–Crippen LogP) is 3.40. The molecule has 2 aromatic heterocycles. The van der Waals surface area contributed by atoms with Crippen LogP contribution in [-0.4, -0.2) is 53.4 Å². The van der Waals surface area contributed by atoms with Crippen LogP contribution in [0.25, 0.3) is 21.3 Å². The molecule has 1 aromatic carbocycles. The van der Waals surface area contributed by atoms with Crippen molar-refractivity contribution in [3.8, 4) is 11.3 Å². The number of carbonyl (C=O) groups is 1. The van der Waals surface area contributed by atoms with Crippen LogP contribution in [0.15, 0.2) is 41.9 Å². The van der Waals surface area contributed by atoms with Crippen molar-refractivity contribution in [2.24, 2.45) is 0 Å². The van der Waals surface area contributed by atoms with Gasteiger partial charge in [-0.05, 0) is 12.1 Å². The molecule has 0 aliphatic carbocycles. The first kappa shape index (κ1) is 20.0. The quantitative estimate of drug-likeness (QED) is 0.689. The van der Waals surface area contributed by atoms with Crippen molar-refractivity contribution in [1.82, 2.24) is 15.3 Å². The summed E-state index contributed by atoms with van der Waals surface area (Å²) in [4.78, 5) is 20.2. The molecule has 0 amide bonds. The molecule has 0 radical (unpaired) electrons. The summed E-state index contributed by atoms with van der Waals surface area (Å²) in [5, 5.41) is 13.9. The Balaban J connectivity index is 0.000000279. The highest BCUT2D eigenvalue weighted by molar-refractivity contribution is 7.17. The molecule has 4 rings (SSSR count). The van der Waals surface area contributed by atoms with Gasteiger partial charge in [-0.25, -0.2) is 14.8 Å². The Bertz CT molecular complexity index is 973. The summed E-state index contributed by atoms with van der Waals surface area (Å²) in [6.45, 7) is 2.01. The lowest BCUT2D eigenvalue weighted by molar-refractivity contribution is -0.192. The molecule has 0 unspecified atom stereocenters. The zero-order chi connectivity index (χ0) is 20.3. The number of hydrogen-bond acceptors (Lipinski definition) is 6. The fraction of sp³-hybridized carbons (Fsp3) is 0.278. The molecule has 0 bridgehead atoms. The van der Waals surface area contributed by atoms with Crippen molar-refractivity contribution in [1.29, 1.82) is 0 Å². The van der Waals surface area contributed by atoms with Gasteiger partial charge in [-0.2, -0.15) is 13.2 Å². The van der Waals surface area contributed by atoms with Crippen molar-refractivity contribution in [3.63, 3.8) is 0 Å². The highest BCUT2D eigenvalue weighted by Crippen LogP contribution is 2.33. The van der Waals surface area contributed by atoms with E-state index in [0.717, 1.165) is 24.7 Å². The third-order valence-electron chi connectivity index (χ3n) is 4.27. The number of aromatic nitrogens is 2. The minimum atomic E-state index is -5.08. The summed E-state index contributed by atoms with van der Waals surface area (Å²) in [5.41, 5.74) is 2.19. The fourth-order valence-electron chi connectivity index (χ4n) is 2.56. The van der Waals surface area contributed by atoms with Gasteiger partial charge in [-0.1, -0.05) is 18.2 Å². The van der Waals surface area contributed by atoms with Gasteiger partial charge in [-0.15, -0.1) is 11.3 Å². The van der Waals surface area contributed by atoms with Gasteiger partial charge in [0.25, 0.3) is 0 Å². The summed E-state index contributed by atoms with van der Waals surface area (Å²) in [5.74, 6) is -1.96. The van der Waals surface area contributed by atoms with Crippen LogP contribution >= 0.6 is 11.3 Å². The zero-order valence-electron chi connectivity index (χ0n) is 14.8. The molecule has 1 aliphatic heterocycles. The number of likely N-dealkylation sites (N-methyl/N-ethyl adjacent to an activating group) is 1. The Morgan fingerprint density at radius 2 is 1.96 bits per heavy atom. The molecular weight excluding hydrogens is 393 g/mol. The van der Waals surface area contributed by atoms with E-state index in [-0.39, 0.29) is 0 Å². The zero-order valence-corrected chi connectivity index (χ0v) is 15.6. The van der Waals surface area contributed by atoms with E-state index in [1.165, 1.54) is 15.6 Å². The van der Waals surface area contributed by atoms with Crippen molar-refractivity contribution < 1.29 is 23.1 Å². The Hall–Kier alpha value is -2.72. The number of carboxylic acids is 1. The minimum absolute atomic E-state index is 0.500. The molecule has 1 aliphatic rings. The lowest BCUT2D eigenvalue weighted by atomic mass is 10.1. The van der Waals surface area contributed by atoms with Gasteiger partial charge < -0.3 is 15.3 Å². The van der Waals surface area contributed by atoms with Crippen LogP contribution in [0, 0.1) is 0 Å². The van der Waals surface area contributed by atoms with Crippen molar-refractivity contribution in [3.05, 3.63) is 41.9 Å². The number of nitrogens with one attached hydrogen (secondary N) is 1. The fourth-order valence-corrected chi connectivity index (χ4v) is 3.51. The third-order valence-corrected chi connectivity index (χ3v) is 5.23. The number of nitrogens with zero attached hydrogens (tertiary/aromatic N) is 3. The van der Waals surface area contributed by atoms with Crippen molar-refractivity contribution in [2.45, 2.75) is 12.2 Å². The molecule has 28 heavy (non-hydrogen) atoms. The van der Waals surface area contributed by atoms with Crippen LogP contribution in [0.5, 0.6) is 0 Å². The average molecular weight is 410 g/mol. The van der Waals surface area contributed by atoms with Crippen LogP contribution in [0.4, 0.5) is 19.1 Å². The lowest BCUT2D eigenvalue weighted by Gasteiger charge is -2.35. The van der Waals surface area contributed by atoms with Gasteiger partial charge in [-0.3, -0.25) is 0 Å². The van der Waals surface area contributed by atoms with Crippen LogP contribution in [0.1, 0.15) is 0 Å². The third kappa shape index (κ3) is 4.39. The SMILES string of the molecule is CN(c1nccc(-c2csc3ccccc23)n1)C1CNC1.O=C(O)C(F)(F)F. The Morgan fingerprint density at radius 1 is 1.29 bits per heavy atom. The molecule has 1 fully saturated rings. The number of hydrogen-bond donors (Lipinski definition) is 2. The maximum atomic E-state index is 10.6. The van der Waals surface area contributed by atoms with Gasteiger partial charge in [0.15, 0.2) is 0 Å². The first-order valence-corrected chi connectivity index (χ1v) is 9.18. The second-order valence-electron chi connectivity index (χ2n) is 6.11. The van der Waals surface area contributed by atoms with Gasteiger partial charge in [0.1, 0.15) is 0 Å². The monoisotopic (exact) mass is 410 g/mol. The predicted molar refractivity (Wildman–Crippen MR) is 102 cm³/mol. The van der Waals surface area contributed by atoms with Gasteiger partial charge in [0.2, 0.25) is 5.95 Å².